The number of halogens is 3. The molecule has 0 atom stereocenters. The molecule has 0 spiro atoms. The highest BCUT2D eigenvalue weighted by Crippen LogP contribution is 2.25. The van der Waals surface area contributed by atoms with E-state index in [1.807, 2.05) is 18.4 Å². The number of aromatic nitrogens is 2. The minimum absolute atomic E-state index is 0.187. The van der Waals surface area contributed by atoms with Gasteiger partial charge >= 0.3 is 6.18 Å². The first-order valence-electron chi connectivity index (χ1n) is 9.11. The van der Waals surface area contributed by atoms with Gasteiger partial charge in [-0.15, -0.1) is 0 Å². The molecule has 0 bridgehead atoms. The third kappa shape index (κ3) is 6.65. The largest absolute Gasteiger partial charge is 0.389 e. The number of hydroxylamine groups is 1. The summed E-state index contributed by atoms with van der Waals surface area (Å²) in [5.41, 5.74) is 3.48. The molecule has 1 heterocycles. The van der Waals surface area contributed by atoms with E-state index >= 15 is 0 Å². The molecule has 1 aromatic heterocycles. The van der Waals surface area contributed by atoms with Crippen LogP contribution in [-0.4, -0.2) is 39.4 Å². The molecule has 3 N–H and O–H groups in total. The van der Waals surface area contributed by atoms with Gasteiger partial charge in [-0.25, -0.2) is 10.5 Å². The number of nitrogens with one attached hydrogen (secondary N) is 2. The summed E-state index contributed by atoms with van der Waals surface area (Å²) in [7, 11) is 0. The van der Waals surface area contributed by atoms with E-state index in [-0.39, 0.29) is 6.42 Å². The number of carbonyl (C=O) groups excluding carboxylic acids is 1. The number of aryl methyl sites for hydroxylation is 2. The summed E-state index contributed by atoms with van der Waals surface area (Å²) in [6.07, 6.45) is -1.95. The standard InChI is InChI=1S/C19H25F3N4O2/c1-13(2)23-10-3-11-26-16-6-4-14(5-7-18(27)25-28)12-15(16)24-17(26)8-9-19(20,21)22/h4-7,12-13,23,28H,3,8-11H2,1-2H3,(H,25,27)/b7-5+. The Labute approximate surface area is 161 Å². The van der Waals surface area contributed by atoms with Gasteiger partial charge in [-0.3, -0.25) is 10.0 Å². The van der Waals surface area contributed by atoms with Crippen molar-refractivity contribution in [2.24, 2.45) is 0 Å². The van der Waals surface area contributed by atoms with Gasteiger partial charge in [-0.05, 0) is 36.7 Å². The van der Waals surface area contributed by atoms with Gasteiger partial charge in [0.25, 0.3) is 5.91 Å². The summed E-state index contributed by atoms with van der Waals surface area (Å²) in [5.74, 6) is -0.278. The summed E-state index contributed by atoms with van der Waals surface area (Å²) in [4.78, 5) is 15.5. The average molecular weight is 398 g/mol. The molecule has 1 aromatic carbocycles. The summed E-state index contributed by atoms with van der Waals surface area (Å²) in [6, 6.07) is 5.58. The third-order valence-corrected chi connectivity index (χ3v) is 4.13. The van der Waals surface area contributed by atoms with E-state index in [1.54, 1.807) is 18.2 Å². The van der Waals surface area contributed by atoms with Gasteiger partial charge in [-0.1, -0.05) is 19.9 Å². The van der Waals surface area contributed by atoms with Crippen LogP contribution in [0.2, 0.25) is 0 Å². The first-order valence-corrected chi connectivity index (χ1v) is 9.11. The minimum atomic E-state index is -4.24. The fourth-order valence-electron chi connectivity index (χ4n) is 2.83. The van der Waals surface area contributed by atoms with E-state index in [2.05, 4.69) is 10.3 Å². The summed E-state index contributed by atoms with van der Waals surface area (Å²) in [6.45, 7) is 5.39. The average Bonchev–Trinajstić information content (AvgIpc) is 2.97. The van der Waals surface area contributed by atoms with E-state index < -0.39 is 18.5 Å². The van der Waals surface area contributed by atoms with Gasteiger partial charge in [0.1, 0.15) is 5.82 Å². The number of hydrogen-bond acceptors (Lipinski definition) is 4. The minimum Gasteiger partial charge on any atom is -0.328 e. The number of imidazole rings is 1. The molecule has 2 rings (SSSR count). The van der Waals surface area contributed by atoms with Crippen molar-refractivity contribution in [3.63, 3.8) is 0 Å². The quantitative estimate of drug-likeness (QED) is 0.262. The molecular weight excluding hydrogens is 373 g/mol. The number of rotatable bonds is 9. The summed E-state index contributed by atoms with van der Waals surface area (Å²) >= 11 is 0. The van der Waals surface area contributed by atoms with E-state index in [4.69, 9.17) is 5.21 Å². The molecule has 154 valence electrons. The number of carbonyl (C=O) groups is 1. The van der Waals surface area contributed by atoms with Crippen LogP contribution in [0.15, 0.2) is 24.3 Å². The molecule has 0 aliphatic heterocycles. The van der Waals surface area contributed by atoms with Gasteiger partial charge in [-0.2, -0.15) is 13.2 Å². The predicted octanol–water partition coefficient (Wildman–Crippen LogP) is 3.44. The molecule has 9 heteroatoms. The zero-order valence-electron chi connectivity index (χ0n) is 15.9. The second-order valence-electron chi connectivity index (χ2n) is 6.81. The first-order chi connectivity index (χ1) is 13.2. The van der Waals surface area contributed by atoms with Crippen molar-refractivity contribution in [3.05, 3.63) is 35.7 Å². The lowest BCUT2D eigenvalue weighted by atomic mass is 10.2. The molecule has 0 saturated carbocycles. The van der Waals surface area contributed by atoms with Crippen molar-refractivity contribution < 1.29 is 23.2 Å². The van der Waals surface area contributed by atoms with Crippen LogP contribution in [0.25, 0.3) is 17.1 Å². The Morgan fingerprint density at radius 2 is 2.11 bits per heavy atom. The van der Waals surface area contributed by atoms with Crippen LogP contribution in [-0.2, 0) is 17.8 Å². The Bertz CT molecular complexity index is 828. The highest BCUT2D eigenvalue weighted by atomic mass is 19.4. The van der Waals surface area contributed by atoms with Crippen LogP contribution in [0.5, 0.6) is 0 Å². The lowest BCUT2D eigenvalue weighted by Crippen LogP contribution is -2.24. The van der Waals surface area contributed by atoms with Crippen molar-refractivity contribution in [2.45, 2.75) is 51.9 Å². The first kappa shape index (κ1) is 21.9. The number of hydrogen-bond donors (Lipinski definition) is 3. The number of nitrogens with zero attached hydrogens (tertiary/aromatic N) is 2. The van der Waals surface area contributed by atoms with Gasteiger partial charge in [0.15, 0.2) is 0 Å². The van der Waals surface area contributed by atoms with Crippen molar-refractivity contribution in [2.75, 3.05) is 6.54 Å². The maximum Gasteiger partial charge on any atom is 0.389 e. The van der Waals surface area contributed by atoms with E-state index in [1.165, 1.54) is 11.6 Å². The molecule has 6 nitrogen and oxygen atoms in total. The predicted molar refractivity (Wildman–Crippen MR) is 101 cm³/mol. The zero-order chi connectivity index (χ0) is 20.7. The van der Waals surface area contributed by atoms with Gasteiger partial charge in [0, 0.05) is 25.1 Å². The lowest BCUT2D eigenvalue weighted by molar-refractivity contribution is -0.134. The monoisotopic (exact) mass is 398 g/mol. The number of fused-ring (bicyclic) bond motifs is 1. The molecule has 0 aliphatic carbocycles. The fourth-order valence-corrected chi connectivity index (χ4v) is 2.83. The van der Waals surface area contributed by atoms with Crippen LogP contribution in [0.4, 0.5) is 13.2 Å². The maximum atomic E-state index is 12.7. The number of amides is 1. The fraction of sp³-hybridized carbons (Fsp3) is 0.474. The normalized spacial score (nSPS) is 12.4. The Kier molecular flexibility index (Phi) is 7.59. The number of alkyl halides is 3. The number of benzene rings is 1. The Hall–Kier alpha value is -2.39. The summed E-state index contributed by atoms with van der Waals surface area (Å²) < 4.78 is 39.9. The van der Waals surface area contributed by atoms with Crippen LogP contribution in [0, 0.1) is 0 Å². The van der Waals surface area contributed by atoms with Gasteiger partial charge in [0.05, 0.1) is 17.5 Å². The second-order valence-corrected chi connectivity index (χ2v) is 6.81. The molecule has 0 saturated heterocycles. The smallest absolute Gasteiger partial charge is 0.328 e. The van der Waals surface area contributed by atoms with E-state index in [9.17, 15) is 18.0 Å². The molecular formula is C19H25F3N4O2. The second kappa shape index (κ2) is 9.70. The molecule has 0 fully saturated rings. The highest BCUT2D eigenvalue weighted by molar-refractivity contribution is 5.91. The zero-order valence-corrected chi connectivity index (χ0v) is 15.9. The maximum absolute atomic E-state index is 12.7. The molecule has 2 aromatic rings. The SMILES string of the molecule is CC(C)NCCCn1c(CCC(F)(F)F)nc2cc(/C=C/C(=O)NO)ccc21. The van der Waals surface area contributed by atoms with Crippen molar-refractivity contribution in [1.29, 1.82) is 0 Å². The van der Waals surface area contributed by atoms with Crippen molar-refractivity contribution >= 4 is 23.0 Å². The third-order valence-electron chi connectivity index (χ3n) is 4.13. The molecule has 0 radical (unpaired) electrons. The van der Waals surface area contributed by atoms with Crippen molar-refractivity contribution in [1.82, 2.24) is 20.3 Å². The van der Waals surface area contributed by atoms with Gasteiger partial charge in [0.2, 0.25) is 0 Å². The summed E-state index contributed by atoms with van der Waals surface area (Å²) in [5, 5.41) is 11.8. The lowest BCUT2D eigenvalue weighted by Gasteiger charge is -2.12. The molecule has 0 aliphatic rings. The van der Waals surface area contributed by atoms with Crippen LogP contribution >= 0.6 is 0 Å². The Balaban J connectivity index is 2.27. The topological polar surface area (TPSA) is 79.2 Å². The van der Waals surface area contributed by atoms with Crippen LogP contribution in [0.1, 0.15) is 38.1 Å². The van der Waals surface area contributed by atoms with Crippen LogP contribution < -0.4 is 10.8 Å². The van der Waals surface area contributed by atoms with Crippen molar-refractivity contribution in [3.8, 4) is 0 Å². The highest BCUT2D eigenvalue weighted by Gasteiger charge is 2.28. The van der Waals surface area contributed by atoms with Crippen LogP contribution in [0.3, 0.4) is 0 Å². The Morgan fingerprint density at radius 3 is 2.75 bits per heavy atom. The molecule has 28 heavy (non-hydrogen) atoms. The van der Waals surface area contributed by atoms with Gasteiger partial charge < -0.3 is 9.88 Å². The van der Waals surface area contributed by atoms with E-state index in [0.717, 1.165) is 24.6 Å². The molecule has 1 amide bonds. The van der Waals surface area contributed by atoms with E-state index in [0.29, 0.717) is 29.5 Å². The molecule has 0 unspecified atom stereocenters. The Morgan fingerprint density at radius 1 is 1.36 bits per heavy atom.